The first-order valence-corrected chi connectivity index (χ1v) is 39.1. The maximum Gasteiger partial charge on any atom is 0.306 e. The summed E-state index contributed by atoms with van der Waals surface area (Å²) in [5, 5.41) is 11.9. The van der Waals surface area contributed by atoms with Crippen molar-refractivity contribution in [1.29, 1.82) is 0 Å². The molecule has 2 unspecified atom stereocenters. The number of carbonyl (C=O) groups is 3. The Labute approximate surface area is 564 Å². The van der Waals surface area contributed by atoms with Gasteiger partial charge in [0.1, 0.15) is 13.2 Å². The monoisotopic (exact) mass is 1280 g/mol. The van der Waals surface area contributed by atoms with Crippen molar-refractivity contribution in [2.45, 2.75) is 386 Å². The molecule has 0 aromatic heterocycles. The number of aliphatic carboxylic acids is 1. The number of carboxylic acid groups (broad SMARTS) is 1. The van der Waals surface area contributed by atoms with Gasteiger partial charge in [-0.15, -0.1) is 0 Å². The Balaban J connectivity index is 3.99. The highest BCUT2D eigenvalue weighted by molar-refractivity contribution is 5.70. The van der Waals surface area contributed by atoms with E-state index in [-0.39, 0.29) is 32.2 Å². The van der Waals surface area contributed by atoms with E-state index in [9.17, 15) is 19.5 Å². The quantitative estimate of drug-likeness (QED) is 0.0195. The van der Waals surface area contributed by atoms with Gasteiger partial charge in [0.05, 0.1) is 40.3 Å². The fraction of sp³-hybridized carbons (Fsp3) is 0.817. The van der Waals surface area contributed by atoms with Crippen molar-refractivity contribution in [2.24, 2.45) is 0 Å². The third kappa shape index (κ3) is 74.0. The van der Waals surface area contributed by atoms with Gasteiger partial charge in [0.25, 0.3) is 0 Å². The van der Waals surface area contributed by atoms with Gasteiger partial charge in [-0.25, -0.2) is 0 Å². The summed E-state index contributed by atoms with van der Waals surface area (Å²) in [5.74, 6) is -2.26. The molecule has 0 radical (unpaired) electrons. The Morgan fingerprint density at radius 2 is 0.626 bits per heavy atom. The van der Waals surface area contributed by atoms with Crippen LogP contribution in [0.1, 0.15) is 373 Å². The summed E-state index contributed by atoms with van der Waals surface area (Å²) < 4.78 is 22.9. The van der Waals surface area contributed by atoms with E-state index >= 15 is 0 Å². The van der Waals surface area contributed by atoms with E-state index in [2.05, 4.69) is 86.8 Å². The topological polar surface area (TPSA) is 111 Å². The van der Waals surface area contributed by atoms with E-state index in [0.29, 0.717) is 17.4 Å². The van der Waals surface area contributed by atoms with E-state index in [1.54, 1.807) is 0 Å². The second kappa shape index (κ2) is 72.6. The maximum absolute atomic E-state index is 13.0. The van der Waals surface area contributed by atoms with Crippen LogP contribution in [0.3, 0.4) is 0 Å². The molecule has 0 heterocycles. The molecule has 0 fully saturated rings. The van der Waals surface area contributed by atoms with E-state index < -0.39 is 24.3 Å². The van der Waals surface area contributed by atoms with Crippen molar-refractivity contribution in [3.05, 3.63) is 72.9 Å². The summed E-state index contributed by atoms with van der Waals surface area (Å²) in [7, 11) is 5.95. The minimum atomic E-state index is -1.62. The molecule has 0 spiro atoms. The molecule has 530 valence electrons. The number of unbranched alkanes of at least 4 members (excludes halogenated alkanes) is 46. The molecule has 0 saturated carbocycles. The Hall–Kier alpha value is -3.27. The number of allylic oxidation sites excluding steroid dienone is 12. The molecule has 9 nitrogen and oxygen atoms in total. The summed E-state index contributed by atoms with van der Waals surface area (Å²) >= 11 is 0. The standard InChI is InChI=1S/C82H149NO8/c1-6-8-10-12-14-16-18-20-22-24-26-28-30-32-34-36-37-38-39-40-41-42-43-45-47-49-51-53-55-57-59-61-63-65-67-69-71-73-80(85)91-78(77-90-82(81(86)87)88-75-74-83(3,4)5)76-89-79(84)72-70-68-66-64-62-60-58-56-54-52-50-48-46-44-35-33-31-29-27-25-23-21-19-17-15-13-11-9-7-2/h8,10,14,16,19-22,25-28,78,82H,6-7,9,11-13,15,17-18,23-24,29-77H2,1-5H3/b10-8-,16-14-,21-19-,22-20-,27-25-,28-26-. The number of rotatable bonds is 73. The minimum Gasteiger partial charge on any atom is -0.545 e. The average molecular weight is 1280 g/mol. The van der Waals surface area contributed by atoms with Crippen LogP contribution in [0.5, 0.6) is 0 Å². The second-order valence-corrected chi connectivity index (χ2v) is 27.6. The molecule has 0 aromatic rings. The summed E-state index contributed by atoms with van der Waals surface area (Å²) in [4.78, 5) is 37.6. The molecule has 2 atom stereocenters. The van der Waals surface area contributed by atoms with Crippen LogP contribution >= 0.6 is 0 Å². The van der Waals surface area contributed by atoms with Crippen LogP contribution in [-0.2, 0) is 33.3 Å². The third-order valence-corrected chi connectivity index (χ3v) is 17.4. The number of likely N-dealkylation sites (N-methyl/N-ethyl adjacent to an activating group) is 1. The number of hydrogen-bond donors (Lipinski definition) is 0. The molecule has 0 aliphatic rings. The van der Waals surface area contributed by atoms with Crippen molar-refractivity contribution in [3.63, 3.8) is 0 Å². The number of esters is 2. The van der Waals surface area contributed by atoms with E-state index in [0.717, 1.165) is 70.6 Å². The van der Waals surface area contributed by atoms with Gasteiger partial charge in [-0.1, -0.05) is 350 Å². The number of ether oxygens (including phenoxy) is 4. The molecule has 0 amide bonds. The van der Waals surface area contributed by atoms with Crippen molar-refractivity contribution < 1.29 is 42.9 Å². The highest BCUT2D eigenvalue weighted by Gasteiger charge is 2.22. The van der Waals surface area contributed by atoms with E-state index in [1.165, 1.54) is 276 Å². The Morgan fingerprint density at radius 3 is 0.934 bits per heavy atom. The molecule has 9 heteroatoms. The van der Waals surface area contributed by atoms with E-state index in [1.807, 2.05) is 21.1 Å². The zero-order valence-corrected chi connectivity index (χ0v) is 60.7. The predicted octanol–water partition coefficient (Wildman–Crippen LogP) is 23.5. The highest BCUT2D eigenvalue weighted by Crippen LogP contribution is 2.19. The zero-order chi connectivity index (χ0) is 66.1. The van der Waals surface area contributed by atoms with Crippen molar-refractivity contribution in [1.82, 2.24) is 0 Å². The molecule has 0 aliphatic carbocycles. The van der Waals surface area contributed by atoms with Crippen LogP contribution in [0.2, 0.25) is 0 Å². The highest BCUT2D eigenvalue weighted by atomic mass is 16.7. The number of nitrogens with zero attached hydrogens (tertiary/aromatic N) is 1. The average Bonchev–Trinajstić information content (AvgIpc) is 3.50. The largest absolute Gasteiger partial charge is 0.545 e. The van der Waals surface area contributed by atoms with Crippen molar-refractivity contribution >= 4 is 17.9 Å². The lowest BCUT2D eigenvalue weighted by atomic mass is 10.0. The van der Waals surface area contributed by atoms with Gasteiger partial charge in [0.15, 0.2) is 12.4 Å². The lowest BCUT2D eigenvalue weighted by Gasteiger charge is -2.26. The van der Waals surface area contributed by atoms with Gasteiger partial charge < -0.3 is 33.3 Å². The fourth-order valence-corrected chi connectivity index (χ4v) is 11.5. The summed E-state index contributed by atoms with van der Waals surface area (Å²) in [6, 6.07) is 0. The Bertz CT molecular complexity index is 1730. The Kier molecular flexibility index (Phi) is 69.9. The van der Waals surface area contributed by atoms with Crippen LogP contribution in [-0.4, -0.2) is 82.3 Å². The first kappa shape index (κ1) is 87.7. The first-order chi connectivity index (χ1) is 44.6. The predicted molar refractivity (Wildman–Crippen MR) is 389 cm³/mol. The lowest BCUT2D eigenvalue weighted by Crippen LogP contribution is -2.44. The molecule has 91 heavy (non-hydrogen) atoms. The van der Waals surface area contributed by atoms with Gasteiger partial charge >= 0.3 is 11.9 Å². The summed E-state index contributed by atoms with van der Waals surface area (Å²) in [6.45, 7) is 4.69. The minimum absolute atomic E-state index is 0.149. The Morgan fingerprint density at radius 1 is 0.341 bits per heavy atom. The number of carbonyl (C=O) groups excluding carboxylic acids is 3. The fourth-order valence-electron chi connectivity index (χ4n) is 11.5. The third-order valence-electron chi connectivity index (χ3n) is 17.4. The van der Waals surface area contributed by atoms with Crippen LogP contribution in [0.4, 0.5) is 0 Å². The second-order valence-electron chi connectivity index (χ2n) is 27.6. The summed E-state index contributed by atoms with van der Waals surface area (Å²) in [5.41, 5.74) is 0. The molecule has 0 aliphatic heterocycles. The summed E-state index contributed by atoms with van der Waals surface area (Å²) in [6.07, 6.45) is 94.5. The van der Waals surface area contributed by atoms with Crippen molar-refractivity contribution in [3.8, 4) is 0 Å². The zero-order valence-electron chi connectivity index (χ0n) is 60.7. The first-order valence-electron chi connectivity index (χ1n) is 39.1. The SMILES string of the molecule is CC/C=C\C/C=C\C/C=C\C/C=C\CCCCCCCCCCCCCCCCCCCCCCCCCCC(=O)OC(COC(=O)CCCCCCCCCCCCCCCCCCC/C=C\C/C=C\CCCCCCC)COC(OCC[N+](C)(C)C)C(=O)[O-]. The molecular formula is C82H149NO8. The smallest absolute Gasteiger partial charge is 0.306 e. The molecule has 0 bridgehead atoms. The van der Waals surface area contributed by atoms with Crippen LogP contribution in [0.15, 0.2) is 72.9 Å². The number of carboxylic acids is 1. The van der Waals surface area contributed by atoms with Crippen LogP contribution in [0.25, 0.3) is 0 Å². The van der Waals surface area contributed by atoms with Crippen molar-refractivity contribution in [2.75, 3.05) is 47.5 Å². The van der Waals surface area contributed by atoms with Gasteiger partial charge in [-0.05, 0) is 83.5 Å². The van der Waals surface area contributed by atoms with E-state index in [4.69, 9.17) is 18.9 Å². The lowest BCUT2D eigenvalue weighted by molar-refractivity contribution is -0.870. The molecule has 0 rings (SSSR count). The van der Waals surface area contributed by atoms with Gasteiger partial charge in [0, 0.05) is 12.8 Å². The van der Waals surface area contributed by atoms with Crippen LogP contribution in [0, 0.1) is 0 Å². The molecule has 0 saturated heterocycles. The molecular weight excluding hydrogens is 1130 g/mol. The van der Waals surface area contributed by atoms with Gasteiger partial charge in [-0.3, -0.25) is 9.59 Å². The van der Waals surface area contributed by atoms with Gasteiger partial charge in [-0.2, -0.15) is 0 Å². The van der Waals surface area contributed by atoms with Gasteiger partial charge in [0.2, 0.25) is 0 Å². The number of quaternary nitrogens is 1. The van der Waals surface area contributed by atoms with Crippen LogP contribution < -0.4 is 5.11 Å². The number of hydrogen-bond acceptors (Lipinski definition) is 8. The molecule has 0 aromatic carbocycles. The normalized spacial score (nSPS) is 13.0. The maximum atomic E-state index is 13.0. The molecule has 0 N–H and O–H groups in total.